The van der Waals surface area contributed by atoms with E-state index in [2.05, 4.69) is 24.0 Å². The highest BCUT2D eigenvalue weighted by molar-refractivity contribution is 7.22. The van der Waals surface area contributed by atoms with Crippen LogP contribution < -0.4 is 4.90 Å². The molecule has 0 radical (unpaired) electrons. The second-order valence-electron chi connectivity index (χ2n) is 7.43. The van der Waals surface area contributed by atoms with Crippen molar-refractivity contribution in [3.8, 4) is 0 Å². The third kappa shape index (κ3) is 5.58. The lowest BCUT2D eigenvalue weighted by atomic mass is 10.1. The van der Waals surface area contributed by atoms with Gasteiger partial charge in [0, 0.05) is 26.2 Å². The van der Waals surface area contributed by atoms with E-state index in [4.69, 9.17) is 9.72 Å². The molecule has 1 aromatic heterocycles. The summed E-state index contributed by atoms with van der Waals surface area (Å²) >= 11 is 1.60. The number of halogens is 1. The third-order valence-electron chi connectivity index (χ3n) is 5.30. The number of benzene rings is 2. The number of ether oxygens (including phenoxy) is 1. The minimum atomic E-state index is 0. The summed E-state index contributed by atoms with van der Waals surface area (Å²) in [5.41, 5.74) is 3.18. The average Bonchev–Trinajstić information content (AvgIpc) is 3.18. The number of morpholine rings is 1. The van der Waals surface area contributed by atoms with E-state index in [-0.39, 0.29) is 18.3 Å². The number of para-hydroxylation sites is 1. The van der Waals surface area contributed by atoms with Gasteiger partial charge in [0.2, 0.25) is 5.91 Å². The normalized spacial score (nSPS) is 14.4. The van der Waals surface area contributed by atoms with Crippen LogP contribution in [0.3, 0.4) is 0 Å². The monoisotopic (exact) mass is 445 g/mol. The standard InChI is InChI=1S/C23H27N3O2S.ClH/c1-18-7-5-10-20-22(18)24-23(29-20)26(12-6-11-25-13-15-28-16-14-25)21(27)17-19-8-3-2-4-9-19;/h2-5,7-10H,6,11-17H2,1H3;1H. The fraction of sp³-hybridized carbons (Fsp3) is 0.391. The molecule has 0 atom stereocenters. The number of carbonyl (C=O) groups excluding carboxylic acids is 1. The van der Waals surface area contributed by atoms with E-state index in [1.165, 1.54) is 0 Å². The molecule has 1 fully saturated rings. The Balaban J connectivity index is 0.00000256. The van der Waals surface area contributed by atoms with Crippen LogP contribution in [0.2, 0.25) is 0 Å². The quantitative estimate of drug-likeness (QED) is 0.543. The van der Waals surface area contributed by atoms with E-state index in [9.17, 15) is 4.79 Å². The molecule has 0 N–H and O–H groups in total. The zero-order chi connectivity index (χ0) is 20.1. The summed E-state index contributed by atoms with van der Waals surface area (Å²) in [5, 5.41) is 0.803. The highest BCUT2D eigenvalue weighted by atomic mass is 35.5. The zero-order valence-electron chi connectivity index (χ0n) is 17.3. The number of thiazole rings is 1. The Labute approximate surface area is 188 Å². The molecular formula is C23H28ClN3O2S. The summed E-state index contributed by atoms with van der Waals surface area (Å²) in [6.45, 7) is 7.27. The third-order valence-corrected chi connectivity index (χ3v) is 6.34. The first-order chi connectivity index (χ1) is 14.2. The lowest BCUT2D eigenvalue weighted by molar-refractivity contribution is -0.118. The second-order valence-corrected chi connectivity index (χ2v) is 8.44. The molecule has 2 aromatic carbocycles. The van der Waals surface area contributed by atoms with Gasteiger partial charge in [-0.15, -0.1) is 12.4 Å². The number of nitrogens with zero attached hydrogens (tertiary/aromatic N) is 3. The van der Waals surface area contributed by atoms with Crippen molar-refractivity contribution >= 4 is 45.0 Å². The van der Waals surface area contributed by atoms with Crippen molar-refractivity contribution in [1.29, 1.82) is 0 Å². The maximum atomic E-state index is 13.2. The first-order valence-electron chi connectivity index (χ1n) is 10.2. The number of anilines is 1. The van der Waals surface area contributed by atoms with Gasteiger partial charge in [-0.25, -0.2) is 4.98 Å². The molecule has 2 heterocycles. The molecule has 0 aliphatic carbocycles. The average molecular weight is 446 g/mol. The van der Waals surface area contributed by atoms with Gasteiger partial charge >= 0.3 is 0 Å². The number of aromatic nitrogens is 1. The van der Waals surface area contributed by atoms with Crippen LogP contribution in [0.15, 0.2) is 48.5 Å². The molecule has 1 amide bonds. The highest BCUT2D eigenvalue weighted by Crippen LogP contribution is 2.31. The maximum absolute atomic E-state index is 13.2. The van der Waals surface area contributed by atoms with Crippen molar-refractivity contribution in [1.82, 2.24) is 9.88 Å². The van der Waals surface area contributed by atoms with Gasteiger partial charge in [-0.3, -0.25) is 14.6 Å². The van der Waals surface area contributed by atoms with Gasteiger partial charge in [-0.1, -0.05) is 53.8 Å². The molecule has 1 saturated heterocycles. The van der Waals surface area contributed by atoms with Gasteiger partial charge in [-0.2, -0.15) is 0 Å². The Morgan fingerprint density at radius 1 is 1.13 bits per heavy atom. The van der Waals surface area contributed by atoms with Crippen LogP contribution in [-0.2, 0) is 16.0 Å². The topological polar surface area (TPSA) is 45.7 Å². The molecule has 0 unspecified atom stereocenters. The first-order valence-corrected chi connectivity index (χ1v) is 11.0. The van der Waals surface area contributed by atoms with Crippen molar-refractivity contribution in [2.24, 2.45) is 0 Å². The van der Waals surface area contributed by atoms with Crippen molar-refractivity contribution in [2.45, 2.75) is 19.8 Å². The Morgan fingerprint density at radius 2 is 1.90 bits per heavy atom. The number of aryl methyl sites for hydroxylation is 1. The van der Waals surface area contributed by atoms with Crippen molar-refractivity contribution < 1.29 is 9.53 Å². The lowest BCUT2D eigenvalue weighted by Crippen LogP contribution is -2.39. The van der Waals surface area contributed by atoms with Crippen LogP contribution in [0.25, 0.3) is 10.2 Å². The lowest BCUT2D eigenvalue weighted by Gasteiger charge is -2.27. The van der Waals surface area contributed by atoms with E-state index < -0.39 is 0 Å². The van der Waals surface area contributed by atoms with E-state index >= 15 is 0 Å². The second kappa shape index (κ2) is 10.9. The Bertz CT molecular complexity index is 957. The van der Waals surface area contributed by atoms with Gasteiger partial charge in [-0.05, 0) is 30.5 Å². The van der Waals surface area contributed by atoms with E-state index in [0.717, 1.165) is 65.7 Å². The largest absolute Gasteiger partial charge is 0.379 e. The van der Waals surface area contributed by atoms with Crippen LogP contribution in [-0.4, -0.2) is 55.2 Å². The van der Waals surface area contributed by atoms with Crippen molar-refractivity contribution in [3.05, 3.63) is 59.7 Å². The summed E-state index contributed by atoms with van der Waals surface area (Å²) in [4.78, 5) is 22.3. The molecule has 4 rings (SSSR count). The summed E-state index contributed by atoms with van der Waals surface area (Å²) in [6, 6.07) is 16.1. The number of carbonyl (C=O) groups is 1. The summed E-state index contributed by atoms with van der Waals surface area (Å²) in [5.74, 6) is 0.106. The zero-order valence-corrected chi connectivity index (χ0v) is 18.9. The molecule has 0 bridgehead atoms. The minimum absolute atomic E-state index is 0. The molecule has 1 aliphatic rings. The smallest absolute Gasteiger partial charge is 0.233 e. The predicted octanol–water partition coefficient (Wildman–Crippen LogP) is 4.32. The molecule has 3 aromatic rings. The van der Waals surface area contributed by atoms with Gasteiger partial charge < -0.3 is 4.74 Å². The Kier molecular flexibility index (Phi) is 8.22. The van der Waals surface area contributed by atoms with Gasteiger partial charge in [0.25, 0.3) is 0 Å². The van der Waals surface area contributed by atoms with E-state index in [1.54, 1.807) is 11.3 Å². The van der Waals surface area contributed by atoms with Crippen molar-refractivity contribution in [2.75, 3.05) is 44.3 Å². The van der Waals surface area contributed by atoms with Gasteiger partial charge in [0.05, 0.1) is 29.9 Å². The van der Waals surface area contributed by atoms with Crippen LogP contribution in [0.1, 0.15) is 17.5 Å². The summed E-state index contributed by atoms with van der Waals surface area (Å²) < 4.78 is 6.56. The number of rotatable bonds is 7. The Hall–Kier alpha value is -1.99. The molecule has 160 valence electrons. The molecule has 5 nitrogen and oxygen atoms in total. The molecular weight excluding hydrogens is 418 g/mol. The number of hydrogen-bond donors (Lipinski definition) is 0. The summed E-state index contributed by atoms with van der Waals surface area (Å²) in [7, 11) is 0. The number of fused-ring (bicyclic) bond motifs is 1. The van der Waals surface area contributed by atoms with E-state index in [0.29, 0.717) is 13.0 Å². The molecule has 30 heavy (non-hydrogen) atoms. The number of amides is 1. The first kappa shape index (κ1) is 22.7. The fourth-order valence-corrected chi connectivity index (χ4v) is 4.75. The van der Waals surface area contributed by atoms with E-state index in [1.807, 2.05) is 41.3 Å². The van der Waals surface area contributed by atoms with Crippen LogP contribution >= 0.6 is 23.7 Å². The SMILES string of the molecule is Cc1cccc2sc(N(CCCN3CCOCC3)C(=O)Cc3ccccc3)nc12.Cl. The number of hydrogen-bond acceptors (Lipinski definition) is 5. The van der Waals surface area contributed by atoms with Gasteiger partial charge in [0.15, 0.2) is 5.13 Å². The highest BCUT2D eigenvalue weighted by Gasteiger charge is 2.21. The van der Waals surface area contributed by atoms with Gasteiger partial charge in [0.1, 0.15) is 0 Å². The molecule has 7 heteroatoms. The maximum Gasteiger partial charge on any atom is 0.233 e. The Morgan fingerprint density at radius 3 is 2.63 bits per heavy atom. The van der Waals surface area contributed by atoms with Crippen LogP contribution in [0.5, 0.6) is 0 Å². The fourth-order valence-electron chi connectivity index (χ4n) is 3.66. The molecule has 1 aliphatic heterocycles. The summed E-state index contributed by atoms with van der Waals surface area (Å²) in [6.07, 6.45) is 1.32. The molecule has 0 spiro atoms. The van der Waals surface area contributed by atoms with Crippen LogP contribution in [0, 0.1) is 6.92 Å². The van der Waals surface area contributed by atoms with Crippen molar-refractivity contribution in [3.63, 3.8) is 0 Å². The minimum Gasteiger partial charge on any atom is -0.379 e. The van der Waals surface area contributed by atoms with Crippen LogP contribution in [0.4, 0.5) is 5.13 Å². The molecule has 0 saturated carbocycles. The predicted molar refractivity (Wildman–Crippen MR) is 126 cm³/mol.